The lowest BCUT2D eigenvalue weighted by Gasteiger charge is -2.06. The molecule has 0 saturated heterocycles. The molecule has 0 saturated carbocycles. The minimum absolute atomic E-state index is 0.265. The van der Waals surface area contributed by atoms with E-state index in [2.05, 4.69) is 31.6 Å². The van der Waals surface area contributed by atoms with Crippen LogP contribution >= 0.6 is 15.9 Å². The van der Waals surface area contributed by atoms with Gasteiger partial charge in [0.25, 0.3) is 5.91 Å². The summed E-state index contributed by atoms with van der Waals surface area (Å²) in [5.41, 5.74) is 7.48. The van der Waals surface area contributed by atoms with Crippen LogP contribution < -0.4 is 11.1 Å². The molecule has 100 valence electrons. The van der Waals surface area contributed by atoms with Crippen molar-refractivity contribution in [2.24, 2.45) is 5.73 Å². The predicted molar refractivity (Wildman–Crippen MR) is 75.9 cm³/mol. The van der Waals surface area contributed by atoms with E-state index < -0.39 is 0 Å². The molecule has 0 atom stereocenters. The second-order valence-electron chi connectivity index (χ2n) is 4.09. The summed E-state index contributed by atoms with van der Waals surface area (Å²) < 4.78 is 2.37. The van der Waals surface area contributed by atoms with E-state index in [0.717, 1.165) is 10.0 Å². The fraction of sp³-hybridized carbons (Fsp3) is 0.250. The third-order valence-electron chi connectivity index (χ3n) is 2.50. The molecule has 2 rings (SSSR count). The number of carbonyl (C=O) groups is 1. The summed E-state index contributed by atoms with van der Waals surface area (Å²) in [5.74, 6) is -0.298. The number of halogens is 1. The number of nitrogens with zero attached hydrogens (tertiary/aromatic N) is 3. The lowest BCUT2D eigenvalue weighted by Crippen LogP contribution is -2.13. The predicted octanol–water partition coefficient (Wildman–Crippen LogP) is 1.56. The van der Waals surface area contributed by atoms with Gasteiger partial charge in [0, 0.05) is 11.0 Å². The van der Waals surface area contributed by atoms with Gasteiger partial charge in [0.05, 0.1) is 18.4 Å². The van der Waals surface area contributed by atoms with E-state index >= 15 is 0 Å². The molecule has 1 aromatic carbocycles. The number of amides is 1. The first-order valence-corrected chi connectivity index (χ1v) is 6.57. The molecule has 1 amide bonds. The molecule has 0 spiro atoms. The Morgan fingerprint density at radius 1 is 1.53 bits per heavy atom. The molecular weight excluding hydrogens is 310 g/mol. The average Bonchev–Trinajstić information content (AvgIpc) is 2.82. The number of rotatable bonds is 4. The normalized spacial score (nSPS) is 10.5. The summed E-state index contributed by atoms with van der Waals surface area (Å²) in [6, 6.07) is 5.69. The molecule has 2 aromatic rings. The highest BCUT2D eigenvalue weighted by molar-refractivity contribution is 9.10. The monoisotopic (exact) mass is 323 g/mol. The van der Waals surface area contributed by atoms with E-state index in [-0.39, 0.29) is 11.6 Å². The Balaban J connectivity index is 2.11. The van der Waals surface area contributed by atoms with Gasteiger partial charge < -0.3 is 11.1 Å². The maximum absolute atomic E-state index is 12.0. The molecule has 0 fully saturated rings. The highest BCUT2D eigenvalue weighted by atomic mass is 79.9. The lowest BCUT2D eigenvalue weighted by molar-refractivity contribution is 0.102. The topological polar surface area (TPSA) is 85.8 Å². The zero-order valence-electron chi connectivity index (χ0n) is 10.4. The minimum Gasteiger partial charge on any atom is -0.329 e. The smallest absolute Gasteiger partial charge is 0.277 e. The van der Waals surface area contributed by atoms with E-state index in [1.165, 1.54) is 0 Å². The van der Waals surface area contributed by atoms with Gasteiger partial charge in [-0.1, -0.05) is 11.3 Å². The molecule has 0 aliphatic carbocycles. The zero-order valence-corrected chi connectivity index (χ0v) is 12.0. The van der Waals surface area contributed by atoms with Gasteiger partial charge in [0.15, 0.2) is 5.69 Å². The number of aromatic nitrogens is 3. The van der Waals surface area contributed by atoms with Gasteiger partial charge in [-0.2, -0.15) is 0 Å². The SMILES string of the molecule is Cc1ccc(NC(=O)c2cn(CCN)nn2)c(Br)c1. The molecule has 0 aliphatic heterocycles. The van der Waals surface area contributed by atoms with Gasteiger partial charge in [0.2, 0.25) is 0 Å². The number of aryl methyl sites for hydroxylation is 1. The molecule has 19 heavy (non-hydrogen) atoms. The second-order valence-corrected chi connectivity index (χ2v) is 4.95. The summed E-state index contributed by atoms with van der Waals surface area (Å²) in [5, 5.41) is 10.4. The Hall–Kier alpha value is -1.73. The highest BCUT2D eigenvalue weighted by Gasteiger charge is 2.12. The van der Waals surface area contributed by atoms with Crippen molar-refractivity contribution in [1.82, 2.24) is 15.0 Å². The Labute approximate surface area is 119 Å². The molecule has 7 heteroatoms. The van der Waals surface area contributed by atoms with E-state index in [9.17, 15) is 4.79 Å². The number of hydrogen-bond donors (Lipinski definition) is 2. The van der Waals surface area contributed by atoms with Gasteiger partial charge in [0.1, 0.15) is 0 Å². The van der Waals surface area contributed by atoms with Crippen molar-refractivity contribution in [2.45, 2.75) is 13.5 Å². The van der Waals surface area contributed by atoms with Crippen LogP contribution in [-0.2, 0) is 6.54 Å². The molecule has 6 nitrogen and oxygen atoms in total. The summed E-state index contributed by atoms with van der Waals surface area (Å²) in [6.45, 7) is 2.97. The molecule has 0 radical (unpaired) electrons. The quantitative estimate of drug-likeness (QED) is 0.894. The van der Waals surface area contributed by atoms with Crippen molar-refractivity contribution in [1.29, 1.82) is 0 Å². The summed E-state index contributed by atoms with van der Waals surface area (Å²) in [6.07, 6.45) is 1.57. The molecule has 3 N–H and O–H groups in total. The van der Waals surface area contributed by atoms with Crippen LogP contribution in [0, 0.1) is 6.92 Å². The standard InChI is InChI=1S/C12H14BrN5O/c1-8-2-3-10(9(13)6-8)15-12(19)11-7-18(5-4-14)17-16-11/h2-3,6-7H,4-5,14H2,1H3,(H,15,19). The van der Waals surface area contributed by atoms with Crippen molar-refractivity contribution in [3.8, 4) is 0 Å². The van der Waals surface area contributed by atoms with Gasteiger partial charge in [-0.05, 0) is 40.5 Å². The summed E-state index contributed by atoms with van der Waals surface area (Å²) in [7, 11) is 0. The number of benzene rings is 1. The van der Waals surface area contributed by atoms with Crippen molar-refractivity contribution in [2.75, 3.05) is 11.9 Å². The molecule has 0 aliphatic rings. The van der Waals surface area contributed by atoms with Gasteiger partial charge in [-0.15, -0.1) is 5.10 Å². The van der Waals surface area contributed by atoms with Crippen molar-refractivity contribution in [3.63, 3.8) is 0 Å². The minimum atomic E-state index is -0.298. The van der Waals surface area contributed by atoms with Crippen LogP contribution in [0.5, 0.6) is 0 Å². The van der Waals surface area contributed by atoms with E-state index in [0.29, 0.717) is 18.8 Å². The fourth-order valence-corrected chi connectivity index (χ4v) is 2.14. The first-order valence-electron chi connectivity index (χ1n) is 5.78. The largest absolute Gasteiger partial charge is 0.329 e. The average molecular weight is 324 g/mol. The second kappa shape index (κ2) is 5.94. The maximum Gasteiger partial charge on any atom is 0.277 e. The van der Waals surface area contributed by atoms with Crippen LogP contribution in [0.3, 0.4) is 0 Å². The number of carbonyl (C=O) groups excluding carboxylic acids is 1. The Morgan fingerprint density at radius 3 is 3.00 bits per heavy atom. The lowest BCUT2D eigenvalue weighted by atomic mass is 10.2. The summed E-state index contributed by atoms with van der Waals surface area (Å²) in [4.78, 5) is 12.0. The highest BCUT2D eigenvalue weighted by Crippen LogP contribution is 2.23. The van der Waals surface area contributed by atoms with Crippen LogP contribution in [0.15, 0.2) is 28.9 Å². The Bertz CT molecular complexity index is 596. The summed E-state index contributed by atoms with van der Waals surface area (Å²) >= 11 is 3.41. The maximum atomic E-state index is 12.0. The molecule has 0 bridgehead atoms. The van der Waals surface area contributed by atoms with Gasteiger partial charge in [-0.3, -0.25) is 9.48 Å². The van der Waals surface area contributed by atoms with Crippen molar-refractivity contribution in [3.05, 3.63) is 40.1 Å². The number of nitrogens with one attached hydrogen (secondary N) is 1. The molecule has 1 heterocycles. The third kappa shape index (κ3) is 3.39. The number of anilines is 1. The first kappa shape index (κ1) is 13.7. The van der Waals surface area contributed by atoms with Gasteiger partial charge in [-0.25, -0.2) is 0 Å². The van der Waals surface area contributed by atoms with Gasteiger partial charge >= 0.3 is 0 Å². The van der Waals surface area contributed by atoms with Crippen LogP contribution in [0.25, 0.3) is 0 Å². The van der Waals surface area contributed by atoms with E-state index in [4.69, 9.17) is 5.73 Å². The number of hydrogen-bond acceptors (Lipinski definition) is 4. The molecule has 1 aromatic heterocycles. The first-order chi connectivity index (χ1) is 9.10. The van der Waals surface area contributed by atoms with E-state index in [1.807, 2.05) is 25.1 Å². The fourth-order valence-electron chi connectivity index (χ4n) is 1.55. The third-order valence-corrected chi connectivity index (χ3v) is 3.16. The van der Waals surface area contributed by atoms with Crippen molar-refractivity contribution >= 4 is 27.5 Å². The Morgan fingerprint density at radius 2 is 2.32 bits per heavy atom. The van der Waals surface area contributed by atoms with Crippen LogP contribution in [0.1, 0.15) is 16.1 Å². The van der Waals surface area contributed by atoms with Crippen molar-refractivity contribution < 1.29 is 4.79 Å². The number of nitrogens with two attached hydrogens (primary N) is 1. The van der Waals surface area contributed by atoms with Crippen LogP contribution in [-0.4, -0.2) is 27.4 Å². The zero-order chi connectivity index (χ0) is 13.8. The molecular formula is C12H14BrN5O. The van der Waals surface area contributed by atoms with Crippen LogP contribution in [0.2, 0.25) is 0 Å². The van der Waals surface area contributed by atoms with E-state index in [1.54, 1.807) is 10.9 Å². The Kier molecular flexibility index (Phi) is 4.28. The van der Waals surface area contributed by atoms with Crippen LogP contribution in [0.4, 0.5) is 5.69 Å². The molecule has 0 unspecified atom stereocenters.